The SMILES string of the molecule is CC1(C)c2[nH]nc(NC(=O)C3([Si](C)(C)C)CC3)c2CN1C(=O)C(CO)c1ccccc1. The second-order valence-corrected chi connectivity index (χ2v) is 15.8. The Hall–Kier alpha value is -2.45. The van der Waals surface area contributed by atoms with Crippen molar-refractivity contribution in [2.24, 2.45) is 0 Å². The van der Waals surface area contributed by atoms with Crippen molar-refractivity contribution in [1.29, 1.82) is 0 Å². The third-order valence-electron chi connectivity index (χ3n) is 7.27. The first-order valence-corrected chi connectivity index (χ1v) is 14.4. The van der Waals surface area contributed by atoms with Crippen LogP contribution in [0.5, 0.6) is 0 Å². The van der Waals surface area contributed by atoms with Gasteiger partial charge in [-0.25, -0.2) is 0 Å². The van der Waals surface area contributed by atoms with Crippen LogP contribution < -0.4 is 5.32 Å². The number of fused-ring (bicyclic) bond motifs is 1. The molecule has 1 saturated carbocycles. The Morgan fingerprint density at radius 2 is 1.87 bits per heavy atom. The topological polar surface area (TPSA) is 98.3 Å². The van der Waals surface area contributed by atoms with Crippen molar-refractivity contribution >= 4 is 25.7 Å². The molecule has 166 valence electrons. The molecule has 1 aromatic heterocycles. The van der Waals surface area contributed by atoms with Gasteiger partial charge in [0.05, 0.1) is 38.4 Å². The highest BCUT2D eigenvalue weighted by atomic mass is 28.3. The van der Waals surface area contributed by atoms with Gasteiger partial charge >= 0.3 is 0 Å². The van der Waals surface area contributed by atoms with E-state index in [1.54, 1.807) is 4.90 Å². The quantitative estimate of drug-likeness (QED) is 0.598. The summed E-state index contributed by atoms with van der Waals surface area (Å²) in [4.78, 5) is 28.3. The highest BCUT2D eigenvalue weighted by Gasteiger charge is 2.59. The summed E-state index contributed by atoms with van der Waals surface area (Å²) in [5.41, 5.74) is 1.85. The molecule has 0 spiro atoms. The molecule has 0 bridgehead atoms. The predicted molar refractivity (Wildman–Crippen MR) is 122 cm³/mol. The van der Waals surface area contributed by atoms with Crippen LogP contribution in [0.1, 0.15) is 49.4 Å². The van der Waals surface area contributed by atoms with Gasteiger partial charge in [0.2, 0.25) is 11.8 Å². The van der Waals surface area contributed by atoms with Gasteiger partial charge in [0.15, 0.2) is 5.82 Å². The molecule has 0 saturated heterocycles. The van der Waals surface area contributed by atoms with Gasteiger partial charge in [-0.1, -0.05) is 50.0 Å². The fraction of sp³-hybridized carbons (Fsp3) is 0.522. The van der Waals surface area contributed by atoms with Crippen molar-refractivity contribution in [3.05, 3.63) is 47.2 Å². The Balaban J connectivity index is 1.58. The Morgan fingerprint density at radius 1 is 1.23 bits per heavy atom. The molecule has 1 aromatic carbocycles. The number of aliphatic hydroxyl groups is 1. The summed E-state index contributed by atoms with van der Waals surface area (Å²) in [7, 11) is -1.66. The lowest BCUT2D eigenvalue weighted by molar-refractivity contribution is -0.139. The summed E-state index contributed by atoms with van der Waals surface area (Å²) >= 11 is 0. The molecule has 7 nitrogen and oxygen atoms in total. The number of H-pyrrole nitrogens is 1. The molecule has 1 aliphatic carbocycles. The Bertz CT molecular complexity index is 1010. The number of carbonyl (C=O) groups is 2. The minimum Gasteiger partial charge on any atom is -0.395 e. The van der Waals surface area contributed by atoms with Crippen LogP contribution in [-0.4, -0.2) is 46.7 Å². The fourth-order valence-corrected chi connectivity index (χ4v) is 7.21. The molecule has 1 aliphatic heterocycles. The molecule has 2 amide bonds. The lowest BCUT2D eigenvalue weighted by atomic mass is 9.95. The third-order valence-corrected chi connectivity index (χ3v) is 10.9. The Morgan fingerprint density at radius 3 is 2.42 bits per heavy atom. The van der Waals surface area contributed by atoms with Gasteiger partial charge in [-0.2, -0.15) is 5.10 Å². The van der Waals surface area contributed by atoms with Crippen LogP contribution in [0.3, 0.4) is 0 Å². The number of carbonyl (C=O) groups excluding carboxylic acids is 2. The number of anilines is 1. The maximum absolute atomic E-state index is 13.4. The first kappa shape index (κ1) is 21.8. The highest BCUT2D eigenvalue weighted by molar-refractivity contribution is 6.83. The first-order chi connectivity index (χ1) is 14.5. The van der Waals surface area contributed by atoms with Gasteiger partial charge < -0.3 is 15.3 Å². The van der Waals surface area contributed by atoms with Crippen LogP contribution in [-0.2, 0) is 21.7 Å². The Kier molecular flexibility index (Phi) is 5.13. The van der Waals surface area contributed by atoms with Crippen molar-refractivity contribution in [2.75, 3.05) is 11.9 Å². The summed E-state index contributed by atoms with van der Waals surface area (Å²) in [6.07, 6.45) is 1.87. The van der Waals surface area contributed by atoms with E-state index in [9.17, 15) is 14.7 Å². The molecule has 2 aliphatic rings. The molecule has 4 rings (SSSR count). The van der Waals surface area contributed by atoms with E-state index in [-0.39, 0.29) is 23.5 Å². The number of amides is 2. The van der Waals surface area contributed by atoms with E-state index >= 15 is 0 Å². The highest BCUT2D eigenvalue weighted by Crippen LogP contribution is 2.61. The average Bonchev–Trinajstić information content (AvgIpc) is 3.38. The maximum atomic E-state index is 13.4. The number of hydrogen-bond donors (Lipinski definition) is 3. The second kappa shape index (κ2) is 7.31. The maximum Gasteiger partial charge on any atom is 0.233 e. The number of aromatic amines is 1. The van der Waals surface area contributed by atoms with Crippen LogP contribution in [0.4, 0.5) is 5.82 Å². The van der Waals surface area contributed by atoms with Crippen molar-refractivity contribution < 1.29 is 14.7 Å². The zero-order valence-corrected chi connectivity index (χ0v) is 20.0. The Labute approximate surface area is 184 Å². The number of rotatable bonds is 6. The largest absolute Gasteiger partial charge is 0.395 e. The number of hydrogen-bond acceptors (Lipinski definition) is 4. The van der Waals surface area contributed by atoms with E-state index in [0.29, 0.717) is 12.4 Å². The normalized spacial score (nSPS) is 19.6. The molecule has 2 aromatic rings. The standard InChI is InChI=1S/C23H32N4O3Si/c1-22(2)18-16(13-27(22)20(29)17(14-28)15-9-7-6-8-10-15)19(26-25-18)24-21(30)23(11-12-23)31(3,4)5/h6-10,17,28H,11-14H2,1-5H3,(H2,24,25,26,30). The van der Waals surface area contributed by atoms with Crippen LogP contribution in [0, 0.1) is 0 Å². The lowest BCUT2D eigenvalue weighted by Gasteiger charge is -2.34. The third kappa shape index (κ3) is 3.42. The summed E-state index contributed by atoms with van der Waals surface area (Å²) in [6.45, 7) is 10.7. The monoisotopic (exact) mass is 440 g/mol. The summed E-state index contributed by atoms with van der Waals surface area (Å²) in [5.74, 6) is -0.187. The fourth-order valence-electron chi connectivity index (χ4n) is 4.84. The van der Waals surface area contributed by atoms with Crippen LogP contribution in [0.15, 0.2) is 30.3 Å². The van der Waals surface area contributed by atoms with Gasteiger partial charge in [-0.15, -0.1) is 0 Å². The van der Waals surface area contributed by atoms with E-state index in [4.69, 9.17) is 0 Å². The number of aromatic nitrogens is 2. The molecule has 8 heteroatoms. The molecule has 1 fully saturated rings. The van der Waals surface area contributed by atoms with E-state index in [1.165, 1.54) is 0 Å². The number of aliphatic hydroxyl groups excluding tert-OH is 1. The lowest BCUT2D eigenvalue weighted by Crippen LogP contribution is -2.44. The van der Waals surface area contributed by atoms with Crippen LogP contribution in [0.25, 0.3) is 0 Å². The number of benzene rings is 1. The summed E-state index contributed by atoms with van der Waals surface area (Å²) in [5, 5.41) is 20.3. The van der Waals surface area contributed by atoms with Crippen molar-refractivity contribution in [1.82, 2.24) is 15.1 Å². The second-order valence-electron chi connectivity index (χ2n) is 10.3. The summed E-state index contributed by atoms with van der Waals surface area (Å²) < 4.78 is 0. The molecule has 31 heavy (non-hydrogen) atoms. The average molecular weight is 441 g/mol. The first-order valence-electron chi connectivity index (χ1n) is 10.9. The van der Waals surface area contributed by atoms with Gasteiger partial charge in [0.25, 0.3) is 0 Å². The van der Waals surface area contributed by atoms with E-state index < -0.39 is 19.5 Å². The van der Waals surface area contributed by atoms with Crippen LogP contribution >= 0.6 is 0 Å². The van der Waals surface area contributed by atoms with Crippen LogP contribution in [0.2, 0.25) is 24.7 Å². The number of nitrogens with one attached hydrogen (secondary N) is 2. The van der Waals surface area contributed by atoms with Crippen molar-refractivity contribution in [3.63, 3.8) is 0 Å². The summed E-state index contributed by atoms with van der Waals surface area (Å²) in [6, 6.07) is 9.35. The van der Waals surface area contributed by atoms with Gasteiger partial charge in [0, 0.05) is 10.6 Å². The molecule has 3 N–H and O–H groups in total. The van der Waals surface area contributed by atoms with E-state index in [1.807, 2.05) is 44.2 Å². The molecule has 1 atom stereocenters. The molecule has 2 heterocycles. The number of nitrogens with zero attached hydrogens (tertiary/aromatic N) is 2. The smallest absolute Gasteiger partial charge is 0.233 e. The molecule has 1 unspecified atom stereocenters. The van der Waals surface area contributed by atoms with Gasteiger partial charge in [-0.05, 0) is 32.3 Å². The van der Waals surface area contributed by atoms with Gasteiger partial charge in [-0.3, -0.25) is 14.7 Å². The van der Waals surface area contributed by atoms with E-state index in [0.717, 1.165) is 29.7 Å². The molecular weight excluding hydrogens is 408 g/mol. The minimum absolute atomic E-state index is 0.0565. The zero-order valence-electron chi connectivity index (χ0n) is 19.0. The minimum atomic E-state index is -1.66. The van der Waals surface area contributed by atoms with Crippen molar-refractivity contribution in [3.8, 4) is 0 Å². The molecule has 0 radical (unpaired) electrons. The predicted octanol–water partition coefficient (Wildman–Crippen LogP) is 3.57. The zero-order chi connectivity index (χ0) is 22.6. The van der Waals surface area contributed by atoms with E-state index in [2.05, 4.69) is 35.2 Å². The van der Waals surface area contributed by atoms with Gasteiger partial charge in [0.1, 0.15) is 0 Å². The van der Waals surface area contributed by atoms with Crippen molar-refractivity contribution in [2.45, 2.75) is 69.4 Å². The molecular formula is C23H32N4O3Si.